The highest BCUT2D eigenvalue weighted by atomic mass is 16.2. The van der Waals surface area contributed by atoms with Gasteiger partial charge in [0, 0.05) is 18.3 Å². The molecular formula is C21H24N2O2. The van der Waals surface area contributed by atoms with Gasteiger partial charge in [-0.2, -0.15) is 0 Å². The number of nitrogens with one attached hydrogen (secondary N) is 2. The van der Waals surface area contributed by atoms with Gasteiger partial charge >= 0.3 is 0 Å². The molecule has 0 bridgehead atoms. The first-order valence-corrected chi connectivity index (χ1v) is 8.69. The fraction of sp³-hybridized carbons (Fsp3) is 0.333. The quantitative estimate of drug-likeness (QED) is 0.873. The summed E-state index contributed by atoms with van der Waals surface area (Å²) in [5.74, 6) is -0.0832. The van der Waals surface area contributed by atoms with Crippen LogP contribution in [0.25, 0.3) is 0 Å². The summed E-state index contributed by atoms with van der Waals surface area (Å²) in [7, 11) is 0. The van der Waals surface area contributed by atoms with E-state index in [0.29, 0.717) is 0 Å². The summed E-state index contributed by atoms with van der Waals surface area (Å²) in [6.45, 7) is 5.36. The molecule has 0 spiro atoms. The van der Waals surface area contributed by atoms with Crippen LogP contribution in [0.15, 0.2) is 42.5 Å². The van der Waals surface area contributed by atoms with Gasteiger partial charge in [0.15, 0.2) is 0 Å². The molecule has 0 radical (unpaired) electrons. The van der Waals surface area contributed by atoms with E-state index in [9.17, 15) is 9.59 Å². The first kappa shape index (κ1) is 17.2. The van der Waals surface area contributed by atoms with Gasteiger partial charge in [-0.15, -0.1) is 0 Å². The Hall–Kier alpha value is -2.62. The van der Waals surface area contributed by atoms with Crippen molar-refractivity contribution in [2.45, 2.75) is 45.4 Å². The molecule has 25 heavy (non-hydrogen) atoms. The molecule has 4 nitrogen and oxygen atoms in total. The van der Waals surface area contributed by atoms with Crippen molar-refractivity contribution in [3.8, 4) is 0 Å². The first-order chi connectivity index (χ1) is 11.9. The van der Waals surface area contributed by atoms with E-state index in [2.05, 4.69) is 10.6 Å². The van der Waals surface area contributed by atoms with Crippen LogP contribution in [-0.2, 0) is 15.0 Å². The van der Waals surface area contributed by atoms with E-state index in [4.69, 9.17) is 0 Å². The molecule has 1 aliphatic rings. The maximum atomic E-state index is 13.1. The Kier molecular flexibility index (Phi) is 4.62. The van der Waals surface area contributed by atoms with Gasteiger partial charge in [-0.25, -0.2) is 0 Å². The second-order valence-electron chi connectivity index (χ2n) is 6.87. The first-order valence-electron chi connectivity index (χ1n) is 8.69. The Labute approximate surface area is 148 Å². The topological polar surface area (TPSA) is 58.2 Å². The van der Waals surface area contributed by atoms with Gasteiger partial charge in [-0.3, -0.25) is 9.59 Å². The van der Waals surface area contributed by atoms with Crippen molar-refractivity contribution < 1.29 is 9.59 Å². The maximum Gasteiger partial charge on any atom is 0.235 e. The average molecular weight is 336 g/mol. The summed E-state index contributed by atoms with van der Waals surface area (Å²) >= 11 is 0. The summed E-state index contributed by atoms with van der Waals surface area (Å²) in [4.78, 5) is 24.5. The molecule has 2 aromatic rings. The molecule has 0 atom stereocenters. The highest BCUT2D eigenvalue weighted by molar-refractivity contribution is 6.01. The number of hydrogen-bond donors (Lipinski definition) is 2. The lowest BCUT2D eigenvalue weighted by Gasteiger charge is -2.40. The van der Waals surface area contributed by atoms with Crippen LogP contribution in [0.5, 0.6) is 0 Å². The summed E-state index contributed by atoms with van der Waals surface area (Å²) in [5.41, 5.74) is 4.02. The van der Waals surface area contributed by atoms with E-state index in [-0.39, 0.29) is 11.8 Å². The highest BCUT2D eigenvalue weighted by Crippen LogP contribution is 2.44. The summed E-state index contributed by atoms with van der Waals surface area (Å²) in [6, 6.07) is 13.8. The minimum absolute atomic E-state index is 0.0330. The number of carbonyl (C=O) groups excluding carboxylic acids is 2. The van der Waals surface area contributed by atoms with Crippen molar-refractivity contribution in [1.29, 1.82) is 0 Å². The van der Waals surface area contributed by atoms with Crippen molar-refractivity contribution in [1.82, 2.24) is 0 Å². The van der Waals surface area contributed by atoms with E-state index in [1.807, 2.05) is 56.3 Å². The Morgan fingerprint density at radius 1 is 0.960 bits per heavy atom. The molecule has 1 fully saturated rings. The molecule has 1 saturated carbocycles. The number of aryl methyl sites for hydroxylation is 1. The Balaban J connectivity index is 1.89. The number of carbonyl (C=O) groups is 2. The zero-order valence-electron chi connectivity index (χ0n) is 15.0. The van der Waals surface area contributed by atoms with E-state index < -0.39 is 5.41 Å². The summed E-state index contributed by atoms with van der Waals surface area (Å²) in [5, 5.41) is 5.97. The van der Waals surface area contributed by atoms with Crippen molar-refractivity contribution in [2.75, 3.05) is 10.6 Å². The van der Waals surface area contributed by atoms with Gasteiger partial charge in [0.25, 0.3) is 0 Å². The minimum Gasteiger partial charge on any atom is -0.326 e. The highest BCUT2D eigenvalue weighted by Gasteiger charge is 2.45. The van der Waals surface area contributed by atoms with Crippen molar-refractivity contribution in [2.24, 2.45) is 0 Å². The molecule has 0 saturated heterocycles. The van der Waals surface area contributed by atoms with Gasteiger partial charge in [0.05, 0.1) is 5.41 Å². The van der Waals surface area contributed by atoms with Crippen LogP contribution in [0, 0.1) is 13.8 Å². The number of rotatable bonds is 4. The molecule has 130 valence electrons. The Morgan fingerprint density at radius 2 is 1.64 bits per heavy atom. The Morgan fingerprint density at radius 3 is 2.20 bits per heavy atom. The van der Waals surface area contributed by atoms with Gasteiger partial charge < -0.3 is 10.6 Å². The van der Waals surface area contributed by atoms with Crippen LogP contribution in [0.1, 0.15) is 42.9 Å². The maximum absolute atomic E-state index is 13.1. The number of benzene rings is 2. The zero-order valence-corrected chi connectivity index (χ0v) is 15.0. The second-order valence-corrected chi connectivity index (χ2v) is 6.87. The van der Waals surface area contributed by atoms with E-state index in [0.717, 1.165) is 47.3 Å². The smallest absolute Gasteiger partial charge is 0.235 e. The van der Waals surface area contributed by atoms with Crippen LogP contribution in [0.2, 0.25) is 0 Å². The minimum atomic E-state index is -0.438. The molecular weight excluding hydrogens is 312 g/mol. The van der Waals surface area contributed by atoms with E-state index in [1.54, 1.807) is 0 Å². The van der Waals surface area contributed by atoms with Gasteiger partial charge in [-0.1, -0.05) is 42.8 Å². The molecule has 1 aliphatic carbocycles. The van der Waals surface area contributed by atoms with Crippen LogP contribution < -0.4 is 10.6 Å². The number of amides is 2. The summed E-state index contributed by atoms with van der Waals surface area (Å²) in [6.07, 6.45) is 2.80. The molecule has 4 heteroatoms. The van der Waals surface area contributed by atoms with Crippen LogP contribution in [0.4, 0.5) is 11.4 Å². The molecule has 0 aromatic heterocycles. The van der Waals surface area contributed by atoms with Gasteiger partial charge in [-0.05, 0) is 49.4 Å². The fourth-order valence-electron chi connectivity index (χ4n) is 3.53. The molecule has 0 aliphatic heterocycles. The third kappa shape index (κ3) is 3.16. The monoisotopic (exact) mass is 336 g/mol. The molecule has 2 aromatic carbocycles. The van der Waals surface area contributed by atoms with Crippen molar-refractivity contribution >= 4 is 23.2 Å². The van der Waals surface area contributed by atoms with Crippen LogP contribution >= 0.6 is 0 Å². The van der Waals surface area contributed by atoms with Crippen LogP contribution in [0.3, 0.4) is 0 Å². The number of hydrogen-bond acceptors (Lipinski definition) is 2. The molecule has 2 amide bonds. The molecule has 2 N–H and O–H groups in total. The largest absolute Gasteiger partial charge is 0.326 e. The zero-order chi connectivity index (χ0) is 18.0. The molecule has 0 unspecified atom stereocenters. The number of anilines is 2. The summed E-state index contributed by atoms with van der Waals surface area (Å²) < 4.78 is 0. The van der Waals surface area contributed by atoms with Gasteiger partial charge in [0.2, 0.25) is 11.8 Å². The molecule has 0 heterocycles. The second kappa shape index (κ2) is 6.71. The standard InChI is InChI=1S/C21H24N2O2/c1-14-10-11-18(15(2)19(14)22-16(3)24)23-20(25)21(12-7-13-21)17-8-5-4-6-9-17/h4-6,8-11H,7,12-13H2,1-3H3,(H,22,24)(H,23,25). The lowest BCUT2D eigenvalue weighted by molar-refractivity contribution is -0.124. The van der Waals surface area contributed by atoms with E-state index in [1.165, 1.54) is 6.92 Å². The SMILES string of the molecule is CC(=O)Nc1c(C)ccc(NC(=O)C2(c3ccccc3)CCC2)c1C. The lowest BCUT2D eigenvalue weighted by Crippen LogP contribution is -2.46. The third-order valence-corrected chi connectivity index (χ3v) is 5.19. The molecule has 3 rings (SSSR count). The van der Waals surface area contributed by atoms with Crippen molar-refractivity contribution in [3.05, 3.63) is 59.2 Å². The predicted molar refractivity (Wildman–Crippen MR) is 101 cm³/mol. The predicted octanol–water partition coefficient (Wildman–Crippen LogP) is 4.32. The third-order valence-electron chi connectivity index (χ3n) is 5.19. The Bertz CT molecular complexity index is 808. The van der Waals surface area contributed by atoms with E-state index >= 15 is 0 Å². The van der Waals surface area contributed by atoms with Crippen LogP contribution in [-0.4, -0.2) is 11.8 Å². The normalized spacial score (nSPS) is 15.2. The fourth-order valence-corrected chi connectivity index (χ4v) is 3.53. The van der Waals surface area contributed by atoms with Gasteiger partial charge in [0.1, 0.15) is 0 Å². The van der Waals surface area contributed by atoms with Crippen molar-refractivity contribution in [3.63, 3.8) is 0 Å². The lowest BCUT2D eigenvalue weighted by atomic mass is 9.64. The average Bonchev–Trinajstić information content (AvgIpc) is 2.54.